The average Bonchev–Trinajstić information content (AvgIpc) is 2.73. The lowest BCUT2D eigenvalue weighted by molar-refractivity contribution is -0.385. The van der Waals surface area contributed by atoms with Gasteiger partial charge in [-0.25, -0.2) is 8.42 Å². The first-order chi connectivity index (χ1) is 14.7. The Morgan fingerprint density at radius 1 is 1.10 bits per heavy atom. The van der Waals surface area contributed by atoms with Gasteiger partial charge in [0.05, 0.1) is 22.7 Å². The summed E-state index contributed by atoms with van der Waals surface area (Å²) in [6.07, 6.45) is 0. The second-order valence-electron chi connectivity index (χ2n) is 6.50. The summed E-state index contributed by atoms with van der Waals surface area (Å²) in [6, 6.07) is 15.7. The maximum Gasteiger partial charge on any atom is 0.273 e. The quantitative estimate of drug-likeness (QED) is 0.410. The maximum absolute atomic E-state index is 12.8. The average molecular weight is 461 g/mol. The fraction of sp³-hybridized carbons (Fsp3) is 0.0952. The number of nitrogens with zero attached hydrogens (tertiary/aromatic N) is 1. The molecule has 0 fully saturated rings. The van der Waals surface area contributed by atoms with E-state index < -0.39 is 32.1 Å². The molecule has 0 aliphatic rings. The van der Waals surface area contributed by atoms with E-state index in [-0.39, 0.29) is 16.0 Å². The van der Waals surface area contributed by atoms with Crippen LogP contribution in [0.1, 0.15) is 15.9 Å². The molecule has 8 nitrogen and oxygen atoms in total. The number of halogens is 1. The minimum absolute atomic E-state index is 0.0302. The summed E-state index contributed by atoms with van der Waals surface area (Å²) in [7, 11) is -2.42. The molecule has 0 saturated carbocycles. The number of benzene rings is 3. The fourth-order valence-electron chi connectivity index (χ4n) is 2.85. The number of methoxy groups -OCH3 is 1. The Hall–Kier alpha value is -3.43. The molecule has 0 unspecified atom stereocenters. The molecule has 3 rings (SSSR count). The van der Waals surface area contributed by atoms with Crippen LogP contribution in [0.4, 0.5) is 11.4 Å². The number of anilines is 1. The van der Waals surface area contributed by atoms with E-state index in [2.05, 4.69) is 5.32 Å². The number of carbonyl (C=O) groups excluding carboxylic acids is 1. The normalized spacial score (nSPS) is 11.0. The van der Waals surface area contributed by atoms with Crippen LogP contribution >= 0.6 is 11.6 Å². The van der Waals surface area contributed by atoms with E-state index in [1.807, 2.05) is 0 Å². The number of hydrogen-bond donors (Lipinski definition) is 1. The summed E-state index contributed by atoms with van der Waals surface area (Å²) in [5.41, 5.74) is 0.0430. The highest BCUT2D eigenvalue weighted by atomic mass is 35.5. The molecule has 0 heterocycles. The highest BCUT2D eigenvalue weighted by Crippen LogP contribution is 2.27. The zero-order valence-corrected chi connectivity index (χ0v) is 17.8. The summed E-state index contributed by atoms with van der Waals surface area (Å²) in [5, 5.41) is 14.4. The first kappa shape index (κ1) is 22.3. The van der Waals surface area contributed by atoms with Gasteiger partial charge in [0.1, 0.15) is 5.75 Å². The van der Waals surface area contributed by atoms with Gasteiger partial charge in [0.15, 0.2) is 9.84 Å². The first-order valence-electron chi connectivity index (χ1n) is 8.90. The lowest BCUT2D eigenvalue weighted by Gasteiger charge is -2.10. The van der Waals surface area contributed by atoms with Crippen LogP contribution in [-0.2, 0) is 15.6 Å². The minimum atomic E-state index is -3.91. The lowest BCUT2D eigenvalue weighted by atomic mass is 10.1. The lowest BCUT2D eigenvalue weighted by Crippen LogP contribution is -2.14. The van der Waals surface area contributed by atoms with Crippen LogP contribution < -0.4 is 10.1 Å². The Labute approximate surface area is 183 Å². The van der Waals surface area contributed by atoms with Crippen molar-refractivity contribution < 1.29 is 22.9 Å². The van der Waals surface area contributed by atoms with Gasteiger partial charge in [0.2, 0.25) is 0 Å². The van der Waals surface area contributed by atoms with Crippen LogP contribution in [0.25, 0.3) is 0 Å². The molecule has 1 N–H and O–H groups in total. The van der Waals surface area contributed by atoms with Gasteiger partial charge in [-0.05, 0) is 48.5 Å². The zero-order valence-electron chi connectivity index (χ0n) is 16.2. The molecule has 0 atom stereocenters. The SMILES string of the molecule is COc1cccc(NC(=O)c2ccc([N+](=O)[O-])c(CS(=O)(=O)c3ccc(Cl)cc3)c2)c1. The molecule has 160 valence electrons. The topological polar surface area (TPSA) is 116 Å². The van der Waals surface area contributed by atoms with Crippen molar-refractivity contribution in [2.24, 2.45) is 0 Å². The molecule has 31 heavy (non-hydrogen) atoms. The monoisotopic (exact) mass is 460 g/mol. The van der Waals surface area contributed by atoms with Crippen molar-refractivity contribution in [3.05, 3.63) is 93.0 Å². The maximum atomic E-state index is 12.8. The largest absolute Gasteiger partial charge is 0.497 e. The van der Waals surface area contributed by atoms with E-state index in [0.29, 0.717) is 16.5 Å². The van der Waals surface area contributed by atoms with Crippen LogP contribution in [0.15, 0.2) is 71.6 Å². The molecule has 3 aromatic rings. The molecule has 0 saturated heterocycles. The number of nitro groups is 1. The summed E-state index contributed by atoms with van der Waals surface area (Å²) in [4.78, 5) is 23.3. The third kappa shape index (κ3) is 5.39. The van der Waals surface area contributed by atoms with Gasteiger partial charge in [-0.15, -0.1) is 0 Å². The van der Waals surface area contributed by atoms with Crippen LogP contribution in [0.2, 0.25) is 5.02 Å². The number of rotatable bonds is 7. The number of sulfone groups is 1. The Morgan fingerprint density at radius 2 is 1.81 bits per heavy atom. The van der Waals surface area contributed by atoms with E-state index in [0.717, 1.165) is 6.07 Å². The smallest absolute Gasteiger partial charge is 0.273 e. The van der Waals surface area contributed by atoms with Crippen molar-refractivity contribution in [2.45, 2.75) is 10.6 Å². The van der Waals surface area contributed by atoms with Crippen molar-refractivity contribution in [2.75, 3.05) is 12.4 Å². The molecule has 0 bridgehead atoms. The van der Waals surface area contributed by atoms with Gasteiger partial charge in [-0.2, -0.15) is 0 Å². The van der Waals surface area contributed by atoms with Crippen molar-refractivity contribution in [1.82, 2.24) is 0 Å². The van der Waals surface area contributed by atoms with E-state index >= 15 is 0 Å². The van der Waals surface area contributed by atoms with Gasteiger partial charge >= 0.3 is 0 Å². The number of nitrogens with one attached hydrogen (secondary N) is 1. The number of hydrogen-bond acceptors (Lipinski definition) is 6. The predicted molar refractivity (Wildman–Crippen MR) is 116 cm³/mol. The van der Waals surface area contributed by atoms with Crippen molar-refractivity contribution in [3.8, 4) is 5.75 Å². The third-order valence-corrected chi connectivity index (χ3v) is 6.32. The first-order valence-corrected chi connectivity index (χ1v) is 10.9. The van der Waals surface area contributed by atoms with Crippen LogP contribution in [0.3, 0.4) is 0 Å². The van der Waals surface area contributed by atoms with E-state index in [9.17, 15) is 23.3 Å². The number of carbonyl (C=O) groups is 1. The Balaban J connectivity index is 1.92. The van der Waals surface area contributed by atoms with E-state index in [4.69, 9.17) is 16.3 Å². The van der Waals surface area contributed by atoms with Crippen molar-refractivity contribution in [1.29, 1.82) is 0 Å². The summed E-state index contributed by atoms with van der Waals surface area (Å²) in [5.74, 6) is -0.657. The molecule has 3 aromatic carbocycles. The van der Waals surface area contributed by atoms with Gasteiger partial charge < -0.3 is 10.1 Å². The molecule has 0 spiro atoms. The Kier molecular flexibility index (Phi) is 6.57. The Morgan fingerprint density at radius 3 is 2.45 bits per heavy atom. The zero-order chi connectivity index (χ0) is 22.6. The van der Waals surface area contributed by atoms with Crippen LogP contribution in [0, 0.1) is 10.1 Å². The molecule has 0 aromatic heterocycles. The number of nitro benzene ring substituents is 1. The van der Waals surface area contributed by atoms with E-state index in [1.165, 1.54) is 43.5 Å². The van der Waals surface area contributed by atoms with Gasteiger partial charge in [-0.1, -0.05) is 17.7 Å². The molecule has 1 amide bonds. The number of ether oxygens (including phenoxy) is 1. The van der Waals surface area contributed by atoms with Crippen LogP contribution in [-0.4, -0.2) is 26.4 Å². The molecular formula is C21H17ClN2O6S. The third-order valence-electron chi connectivity index (χ3n) is 4.38. The molecule has 10 heteroatoms. The summed E-state index contributed by atoms with van der Waals surface area (Å²) in [6.45, 7) is 0. The molecular weight excluding hydrogens is 444 g/mol. The fourth-order valence-corrected chi connectivity index (χ4v) is 4.34. The van der Waals surface area contributed by atoms with Gasteiger partial charge in [0, 0.05) is 34.0 Å². The second kappa shape index (κ2) is 9.15. The molecule has 0 radical (unpaired) electrons. The highest BCUT2D eigenvalue weighted by Gasteiger charge is 2.24. The Bertz CT molecular complexity index is 1240. The standard InChI is InChI=1S/C21H17ClN2O6S/c1-30-18-4-2-3-17(12-18)23-21(25)14-5-10-20(24(26)27)15(11-14)13-31(28,29)19-8-6-16(22)7-9-19/h2-12H,13H2,1H3,(H,23,25). The molecule has 0 aliphatic heterocycles. The number of amides is 1. The minimum Gasteiger partial charge on any atom is -0.497 e. The van der Waals surface area contributed by atoms with Crippen LogP contribution in [0.5, 0.6) is 5.75 Å². The predicted octanol–water partition coefficient (Wildman–Crippen LogP) is 4.48. The van der Waals surface area contributed by atoms with Gasteiger partial charge in [0.25, 0.3) is 11.6 Å². The van der Waals surface area contributed by atoms with Crippen molar-refractivity contribution in [3.63, 3.8) is 0 Å². The summed E-state index contributed by atoms with van der Waals surface area (Å²) < 4.78 is 30.6. The highest BCUT2D eigenvalue weighted by molar-refractivity contribution is 7.90. The van der Waals surface area contributed by atoms with Gasteiger partial charge in [-0.3, -0.25) is 14.9 Å². The van der Waals surface area contributed by atoms with Crippen molar-refractivity contribution >= 4 is 38.7 Å². The summed E-state index contributed by atoms with van der Waals surface area (Å²) >= 11 is 5.79. The van der Waals surface area contributed by atoms with E-state index in [1.54, 1.807) is 24.3 Å². The molecule has 0 aliphatic carbocycles. The second-order valence-corrected chi connectivity index (χ2v) is 8.93.